The summed E-state index contributed by atoms with van der Waals surface area (Å²) in [6, 6.07) is 11.2. The molecule has 0 saturated heterocycles. The van der Waals surface area contributed by atoms with Gasteiger partial charge < -0.3 is 4.74 Å². The van der Waals surface area contributed by atoms with Gasteiger partial charge in [-0.3, -0.25) is 9.20 Å². The Morgan fingerprint density at radius 1 is 1.21 bits per heavy atom. The lowest BCUT2D eigenvalue weighted by molar-refractivity contribution is 0.0468. The number of carbonyl (C=O) groups excluding carboxylic acids is 1. The maximum atomic E-state index is 12.2. The number of carbonyl (C=O) groups is 1. The van der Waals surface area contributed by atoms with Gasteiger partial charge in [0.05, 0.1) is 16.3 Å². The Morgan fingerprint density at radius 3 is 2.75 bits per heavy atom. The van der Waals surface area contributed by atoms with E-state index < -0.39 is 5.97 Å². The average Bonchev–Trinajstić information content (AvgIpc) is 2.52. The van der Waals surface area contributed by atoms with E-state index in [0.29, 0.717) is 16.4 Å². The van der Waals surface area contributed by atoms with Crippen molar-refractivity contribution in [3.8, 4) is 0 Å². The molecule has 0 aliphatic carbocycles. The molecule has 0 aliphatic rings. The summed E-state index contributed by atoms with van der Waals surface area (Å²) in [5.41, 5.74) is 1.62. The second-order valence-electron chi connectivity index (χ2n) is 5.15. The number of rotatable bonds is 3. The molecule has 0 amide bonds. The van der Waals surface area contributed by atoms with Crippen LogP contribution in [0.15, 0.2) is 47.3 Å². The van der Waals surface area contributed by atoms with E-state index >= 15 is 0 Å². The van der Waals surface area contributed by atoms with Gasteiger partial charge in [0.25, 0.3) is 5.56 Å². The van der Waals surface area contributed by atoms with Crippen LogP contribution in [0.3, 0.4) is 0 Å². The van der Waals surface area contributed by atoms with E-state index in [9.17, 15) is 9.59 Å². The Morgan fingerprint density at radius 2 is 2.00 bits per heavy atom. The van der Waals surface area contributed by atoms with Crippen molar-refractivity contribution in [2.45, 2.75) is 13.5 Å². The Labute approximate surface area is 147 Å². The van der Waals surface area contributed by atoms with Crippen molar-refractivity contribution in [1.82, 2.24) is 9.38 Å². The number of hydrogen-bond donors (Lipinski definition) is 0. The molecule has 0 unspecified atom stereocenters. The number of halogens is 2. The number of fused-ring (bicyclic) bond motifs is 1. The first-order chi connectivity index (χ1) is 11.5. The number of ether oxygens (including phenoxy) is 1. The van der Waals surface area contributed by atoms with Crippen LogP contribution < -0.4 is 5.56 Å². The molecule has 0 atom stereocenters. The molecule has 7 heteroatoms. The van der Waals surface area contributed by atoms with E-state index in [1.807, 2.05) is 13.0 Å². The Hall–Kier alpha value is -2.37. The minimum atomic E-state index is -0.608. The highest BCUT2D eigenvalue weighted by molar-refractivity contribution is 6.36. The monoisotopic (exact) mass is 362 g/mol. The van der Waals surface area contributed by atoms with E-state index in [-0.39, 0.29) is 22.8 Å². The van der Waals surface area contributed by atoms with Crippen LogP contribution in [0.1, 0.15) is 21.7 Å². The summed E-state index contributed by atoms with van der Waals surface area (Å²) in [7, 11) is 0. The molecule has 5 nitrogen and oxygen atoms in total. The number of hydrogen-bond acceptors (Lipinski definition) is 4. The fourth-order valence-electron chi connectivity index (χ4n) is 2.31. The second-order valence-corrected chi connectivity index (χ2v) is 5.99. The highest BCUT2D eigenvalue weighted by atomic mass is 35.5. The summed E-state index contributed by atoms with van der Waals surface area (Å²) >= 11 is 11.8. The fraction of sp³-hybridized carbons (Fsp3) is 0.118. The molecular formula is C17H12Cl2N2O3. The van der Waals surface area contributed by atoms with E-state index in [1.165, 1.54) is 22.6 Å². The molecule has 0 saturated carbocycles. The van der Waals surface area contributed by atoms with Crippen LogP contribution in [0, 0.1) is 6.92 Å². The zero-order valence-electron chi connectivity index (χ0n) is 12.6. The van der Waals surface area contributed by atoms with Crippen LogP contribution in [0.4, 0.5) is 0 Å². The van der Waals surface area contributed by atoms with Gasteiger partial charge in [-0.05, 0) is 37.3 Å². The van der Waals surface area contributed by atoms with Gasteiger partial charge in [-0.25, -0.2) is 9.78 Å². The number of aryl methyl sites for hydroxylation is 1. The summed E-state index contributed by atoms with van der Waals surface area (Å²) in [5.74, 6) is -0.608. The first-order valence-electron chi connectivity index (χ1n) is 7.06. The van der Waals surface area contributed by atoms with Crippen LogP contribution in [-0.4, -0.2) is 15.4 Å². The molecule has 0 N–H and O–H groups in total. The highest BCUT2D eigenvalue weighted by Gasteiger charge is 2.13. The van der Waals surface area contributed by atoms with Crippen molar-refractivity contribution < 1.29 is 9.53 Å². The number of aromatic nitrogens is 2. The number of nitrogens with zero attached hydrogens (tertiary/aromatic N) is 2. The third-order valence-electron chi connectivity index (χ3n) is 3.44. The summed E-state index contributed by atoms with van der Waals surface area (Å²) in [5, 5.41) is 0.630. The summed E-state index contributed by atoms with van der Waals surface area (Å²) in [6.45, 7) is 1.69. The molecule has 2 heterocycles. The van der Waals surface area contributed by atoms with Gasteiger partial charge in [0.2, 0.25) is 0 Å². The predicted molar refractivity (Wildman–Crippen MR) is 91.8 cm³/mol. The fourth-order valence-corrected chi connectivity index (χ4v) is 2.80. The van der Waals surface area contributed by atoms with Gasteiger partial charge in [0.1, 0.15) is 12.3 Å². The largest absolute Gasteiger partial charge is 0.456 e. The Bertz CT molecular complexity index is 999. The maximum absolute atomic E-state index is 12.2. The molecule has 0 radical (unpaired) electrons. The molecular weight excluding hydrogens is 351 g/mol. The molecule has 3 rings (SSSR count). The quantitative estimate of drug-likeness (QED) is 0.667. The maximum Gasteiger partial charge on any atom is 0.340 e. The highest BCUT2D eigenvalue weighted by Crippen LogP contribution is 2.21. The van der Waals surface area contributed by atoms with E-state index in [4.69, 9.17) is 27.9 Å². The lowest BCUT2D eigenvalue weighted by atomic mass is 10.2. The van der Waals surface area contributed by atoms with Crippen molar-refractivity contribution >= 4 is 34.8 Å². The third-order valence-corrected chi connectivity index (χ3v) is 3.98. The summed E-state index contributed by atoms with van der Waals surface area (Å²) in [4.78, 5) is 28.6. The Balaban J connectivity index is 1.83. The van der Waals surface area contributed by atoms with E-state index in [2.05, 4.69) is 4.98 Å². The lowest BCUT2D eigenvalue weighted by Gasteiger charge is -2.08. The SMILES string of the molecule is Cc1cccc2nc(COC(=O)c3ccc(Cl)cc3Cl)cc(=O)n12. The molecule has 3 aromatic rings. The molecule has 0 fully saturated rings. The van der Waals surface area contributed by atoms with Crippen LogP contribution in [-0.2, 0) is 11.3 Å². The molecule has 2 aromatic heterocycles. The van der Waals surface area contributed by atoms with Crippen LogP contribution in [0.2, 0.25) is 10.0 Å². The predicted octanol–water partition coefficient (Wildman–Crippen LogP) is 3.67. The van der Waals surface area contributed by atoms with Gasteiger partial charge in [0.15, 0.2) is 0 Å². The smallest absolute Gasteiger partial charge is 0.340 e. The minimum absolute atomic E-state index is 0.128. The van der Waals surface area contributed by atoms with E-state index in [1.54, 1.807) is 18.2 Å². The van der Waals surface area contributed by atoms with Crippen molar-refractivity contribution in [3.05, 3.63) is 79.8 Å². The summed E-state index contributed by atoms with van der Waals surface area (Å²) in [6.07, 6.45) is 0. The van der Waals surface area contributed by atoms with Gasteiger partial charge in [-0.2, -0.15) is 0 Å². The number of esters is 1. The van der Waals surface area contributed by atoms with E-state index in [0.717, 1.165) is 5.69 Å². The van der Waals surface area contributed by atoms with Crippen molar-refractivity contribution in [2.75, 3.05) is 0 Å². The third kappa shape index (κ3) is 3.27. The second kappa shape index (κ2) is 6.63. The van der Waals surface area contributed by atoms with Crippen molar-refractivity contribution in [2.24, 2.45) is 0 Å². The minimum Gasteiger partial charge on any atom is -0.456 e. The van der Waals surface area contributed by atoms with Gasteiger partial charge in [-0.1, -0.05) is 29.3 Å². The molecule has 1 aromatic carbocycles. The Kier molecular flexibility index (Phi) is 4.55. The first kappa shape index (κ1) is 16.5. The van der Waals surface area contributed by atoms with Crippen molar-refractivity contribution in [3.63, 3.8) is 0 Å². The summed E-state index contributed by atoms with van der Waals surface area (Å²) < 4.78 is 6.68. The van der Waals surface area contributed by atoms with Crippen LogP contribution >= 0.6 is 23.2 Å². The van der Waals surface area contributed by atoms with Crippen molar-refractivity contribution in [1.29, 1.82) is 0 Å². The standard InChI is InChI=1S/C17H12Cl2N2O3/c1-10-3-2-4-15-20-12(8-16(22)21(10)15)9-24-17(23)13-6-5-11(18)7-14(13)19/h2-8H,9H2,1H3. The molecule has 0 bridgehead atoms. The average molecular weight is 363 g/mol. The number of pyridine rings is 1. The zero-order valence-corrected chi connectivity index (χ0v) is 14.1. The first-order valence-corrected chi connectivity index (χ1v) is 7.82. The normalized spacial score (nSPS) is 10.8. The van der Waals surface area contributed by atoms with Gasteiger partial charge >= 0.3 is 5.97 Å². The number of benzene rings is 1. The van der Waals surface area contributed by atoms with Gasteiger partial charge in [0, 0.05) is 16.8 Å². The topological polar surface area (TPSA) is 60.7 Å². The van der Waals surface area contributed by atoms with Crippen LogP contribution in [0.25, 0.3) is 5.65 Å². The molecule has 122 valence electrons. The molecule has 0 aliphatic heterocycles. The zero-order chi connectivity index (χ0) is 17.3. The molecule has 0 spiro atoms. The van der Waals surface area contributed by atoms with Gasteiger partial charge in [-0.15, -0.1) is 0 Å². The molecule has 24 heavy (non-hydrogen) atoms. The lowest BCUT2D eigenvalue weighted by Crippen LogP contribution is -2.18. The van der Waals surface area contributed by atoms with Crippen LogP contribution in [0.5, 0.6) is 0 Å².